The lowest BCUT2D eigenvalue weighted by Crippen LogP contribution is -2.15. The molecular formula is C27H53NO8. The van der Waals surface area contributed by atoms with Crippen LogP contribution in [0.4, 0.5) is 0 Å². The third-order valence-electron chi connectivity index (χ3n) is 5.10. The van der Waals surface area contributed by atoms with Crippen LogP contribution >= 0.6 is 0 Å². The van der Waals surface area contributed by atoms with Gasteiger partial charge in [0, 0.05) is 6.61 Å². The quantitative estimate of drug-likeness (QED) is 0.121. The van der Waals surface area contributed by atoms with Gasteiger partial charge < -0.3 is 37.9 Å². The second-order valence-electron chi connectivity index (χ2n) is 8.28. The molecule has 0 aliphatic carbocycles. The molecule has 0 saturated heterocycles. The number of rotatable bonds is 32. The molecule has 0 amide bonds. The molecule has 0 aromatic rings. The smallest absolute Gasteiger partial charge is 0.0701 e. The average molecular weight is 520 g/mol. The summed E-state index contributed by atoms with van der Waals surface area (Å²) in [6, 6.07) is 2.02. The van der Waals surface area contributed by atoms with Crippen LogP contribution in [-0.4, -0.2) is 106 Å². The van der Waals surface area contributed by atoms with Crippen molar-refractivity contribution in [2.75, 3.05) is 106 Å². The van der Waals surface area contributed by atoms with Gasteiger partial charge in [-0.3, -0.25) is 0 Å². The highest BCUT2D eigenvalue weighted by molar-refractivity contribution is 4.66. The predicted molar refractivity (Wildman–Crippen MR) is 139 cm³/mol. The van der Waals surface area contributed by atoms with Crippen molar-refractivity contribution in [3.05, 3.63) is 0 Å². The Hall–Kier alpha value is -0.830. The summed E-state index contributed by atoms with van der Waals surface area (Å²) in [5, 5.41) is 8.37. The SMILES string of the molecule is CCCCCCCCCCOCCOCCOCCOCCOCCOCCOCCOCCC#N. The van der Waals surface area contributed by atoms with Crippen LogP contribution in [0.3, 0.4) is 0 Å². The molecule has 0 aliphatic heterocycles. The van der Waals surface area contributed by atoms with E-state index in [4.69, 9.17) is 43.2 Å². The van der Waals surface area contributed by atoms with Crippen molar-refractivity contribution in [2.45, 2.75) is 64.7 Å². The normalized spacial score (nSPS) is 11.2. The first kappa shape index (κ1) is 35.2. The zero-order chi connectivity index (χ0) is 26.0. The maximum absolute atomic E-state index is 8.37. The average Bonchev–Trinajstić information content (AvgIpc) is 2.89. The molecule has 0 aliphatic rings. The van der Waals surface area contributed by atoms with Crippen LogP contribution < -0.4 is 0 Å². The Morgan fingerprint density at radius 1 is 0.361 bits per heavy atom. The zero-order valence-electron chi connectivity index (χ0n) is 22.9. The van der Waals surface area contributed by atoms with Crippen molar-refractivity contribution >= 4 is 0 Å². The fourth-order valence-corrected chi connectivity index (χ4v) is 3.10. The number of hydrogen-bond donors (Lipinski definition) is 0. The summed E-state index contributed by atoms with van der Waals surface area (Å²) in [5.41, 5.74) is 0. The molecule has 0 unspecified atom stereocenters. The van der Waals surface area contributed by atoms with Gasteiger partial charge in [-0.2, -0.15) is 5.26 Å². The maximum atomic E-state index is 8.37. The first-order valence-electron chi connectivity index (χ1n) is 13.9. The van der Waals surface area contributed by atoms with Crippen molar-refractivity contribution in [3.8, 4) is 6.07 Å². The molecule has 0 saturated carbocycles. The molecule has 0 N–H and O–H groups in total. The Morgan fingerprint density at radius 3 is 0.972 bits per heavy atom. The van der Waals surface area contributed by atoms with Crippen molar-refractivity contribution < 1.29 is 37.9 Å². The van der Waals surface area contributed by atoms with Crippen molar-refractivity contribution in [1.29, 1.82) is 5.26 Å². The molecule has 0 heterocycles. The third kappa shape index (κ3) is 33.2. The number of ether oxygens (including phenoxy) is 8. The fraction of sp³-hybridized carbons (Fsp3) is 0.963. The highest BCUT2D eigenvalue weighted by Gasteiger charge is 1.96. The van der Waals surface area contributed by atoms with Gasteiger partial charge in [-0.25, -0.2) is 0 Å². The maximum Gasteiger partial charge on any atom is 0.0701 e. The summed E-state index contributed by atoms with van der Waals surface area (Å²) < 4.78 is 43.5. The number of nitriles is 1. The lowest BCUT2D eigenvalue weighted by atomic mass is 10.1. The molecule has 36 heavy (non-hydrogen) atoms. The van der Waals surface area contributed by atoms with Gasteiger partial charge in [0.15, 0.2) is 0 Å². The van der Waals surface area contributed by atoms with E-state index in [1.807, 2.05) is 6.07 Å². The van der Waals surface area contributed by atoms with Crippen LogP contribution in [0.2, 0.25) is 0 Å². The zero-order valence-corrected chi connectivity index (χ0v) is 22.9. The van der Waals surface area contributed by atoms with Crippen molar-refractivity contribution in [1.82, 2.24) is 0 Å². The Labute approximate surface area is 220 Å². The van der Waals surface area contributed by atoms with E-state index in [9.17, 15) is 0 Å². The van der Waals surface area contributed by atoms with Crippen molar-refractivity contribution in [2.24, 2.45) is 0 Å². The van der Waals surface area contributed by atoms with Crippen molar-refractivity contribution in [3.63, 3.8) is 0 Å². The van der Waals surface area contributed by atoms with Crippen LogP contribution in [0.5, 0.6) is 0 Å². The highest BCUT2D eigenvalue weighted by Crippen LogP contribution is 2.08. The van der Waals surface area contributed by atoms with E-state index in [1.54, 1.807) is 0 Å². The fourth-order valence-electron chi connectivity index (χ4n) is 3.10. The minimum absolute atomic E-state index is 0.410. The van der Waals surface area contributed by atoms with Gasteiger partial charge in [0.2, 0.25) is 0 Å². The van der Waals surface area contributed by atoms with E-state index < -0.39 is 0 Å². The summed E-state index contributed by atoms with van der Waals surface area (Å²) in [5.74, 6) is 0. The van der Waals surface area contributed by atoms with Gasteiger partial charge >= 0.3 is 0 Å². The van der Waals surface area contributed by atoms with Gasteiger partial charge in [-0.1, -0.05) is 51.9 Å². The second kappa shape index (κ2) is 34.2. The minimum atomic E-state index is 0.410. The van der Waals surface area contributed by atoms with Gasteiger partial charge in [-0.05, 0) is 6.42 Å². The molecule has 9 nitrogen and oxygen atoms in total. The Kier molecular flexibility index (Phi) is 33.4. The third-order valence-corrected chi connectivity index (χ3v) is 5.10. The molecule has 0 aromatic carbocycles. The highest BCUT2D eigenvalue weighted by atomic mass is 16.6. The second-order valence-corrected chi connectivity index (χ2v) is 8.28. The number of hydrogen-bond acceptors (Lipinski definition) is 9. The topological polar surface area (TPSA) is 97.6 Å². The first-order valence-corrected chi connectivity index (χ1v) is 13.9. The molecule has 214 valence electrons. The number of unbranched alkanes of at least 4 members (excludes halogenated alkanes) is 7. The number of nitrogens with zero attached hydrogens (tertiary/aromatic N) is 1. The molecule has 0 fully saturated rings. The molecule has 0 bridgehead atoms. The van der Waals surface area contributed by atoms with Crippen LogP contribution in [0.15, 0.2) is 0 Å². The summed E-state index contributed by atoms with van der Waals surface area (Å²) in [6.07, 6.45) is 11.0. The van der Waals surface area contributed by atoms with E-state index in [0.29, 0.717) is 106 Å². The summed E-state index contributed by atoms with van der Waals surface area (Å²) in [6.45, 7) is 11.2. The predicted octanol–water partition coefficient (Wildman–Crippen LogP) is 4.17. The summed E-state index contributed by atoms with van der Waals surface area (Å²) >= 11 is 0. The monoisotopic (exact) mass is 519 g/mol. The van der Waals surface area contributed by atoms with Crippen LogP contribution in [0.25, 0.3) is 0 Å². The van der Waals surface area contributed by atoms with Crippen LogP contribution in [-0.2, 0) is 37.9 Å². The molecule has 0 atom stereocenters. The van der Waals surface area contributed by atoms with Gasteiger partial charge in [0.25, 0.3) is 0 Å². The molecule has 0 spiro atoms. The standard InChI is InChI=1S/C27H53NO8/c1-2-3-4-5-6-7-8-9-12-29-14-16-31-18-20-33-22-24-35-26-27-36-25-23-34-21-19-32-17-15-30-13-10-11-28/h2-10,12-27H2,1H3. The summed E-state index contributed by atoms with van der Waals surface area (Å²) in [7, 11) is 0. The Bertz CT molecular complexity index is 436. The largest absolute Gasteiger partial charge is 0.379 e. The molecule has 9 heteroatoms. The van der Waals surface area contributed by atoms with E-state index in [1.165, 1.54) is 44.9 Å². The van der Waals surface area contributed by atoms with Gasteiger partial charge in [-0.15, -0.1) is 0 Å². The molecular weight excluding hydrogens is 466 g/mol. The van der Waals surface area contributed by atoms with Crippen LogP contribution in [0.1, 0.15) is 64.7 Å². The van der Waals surface area contributed by atoms with Gasteiger partial charge in [0.1, 0.15) is 0 Å². The minimum Gasteiger partial charge on any atom is -0.379 e. The lowest BCUT2D eigenvalue weighted by Gasteiger charge is -2.08. The van der Waals surface area contributed by atoms with E-state index in [0.717, 1.165) is 13.0 Å². The first-order chi connectivity index (χ1) is 17.9. The van der Waals surface area contributed by atoms with Gasteiger partial charge in [0.05, 0.1) is 112 Å². The summed E-state index contributed by atoms with van der Waals surface area (Å²) in [4.78, 5) is 0. The van der Waals surface area contributed by atoms with E-state index in [2.05, 4.69) is 6.92 Å². The van der Waals surface area contributed by atoms with E-state index >= 15 is 0 Å². The Morgan fingerprint density at radius 2 is 0.639 bits per heavy atom. The van der Waals surface area contributed by atoms with Crippen LogP contribution in [0, 0.1) is 11.3 Å². The molecule has 0 radical (unpaired) electrons. The van der Waals surface area contributed by atoms with E-state index in [-0.39, 0.29) is 0 Å². The lowest BCUT2D eigenvalue weighted by molar-refractivity contribution is -0.0230. The molecule has 0 aromatic heterocycles. The molecule has 0 rings (SSSR count). The Balaban J connectivity index is 3.01.